The highest BCUT2D eigenvalue weighted by Crippen LogP contribution is 2.31. The van der Waals surface area contributed by atoms with E-state index in [0.717, 1.165) is 14.2 Å². The van der Waals surface area contributed by atoms with Gasteiger partial charge in [-0.15, -0.1) is 0 Å². The summed E-state index contributed by atoms with van der Waals surface area (Å²) in [6.45, 7) is 7.20. The van der Waals surface area contributed by atoms with Crippen LogP contribution in [0.15, 0.2) is 18.2 Å². The van der Waals surface area contributed by atoms with Gasteiger partial charge in [-0.25, -0.2) is 9.59 Å². The molecule has 0 heterocycles. The summed E-state index contributed by atoms with van der Waals surface area (Å²) in [5.74, 6) is -2.13. The molecule has 0 saturated carbocycles. The fourth-order valence-corrected chi connectivity index (χ4v) is 2.94. The van der Waals surface area contributed by atoms with E-state index in [-0.39, 0.29) is 36.2 Å². The van der Waals surface area contributed by atoms with Gasteiger partial charge >= 0.3 is 24.2 Å². The zero-order valence-electron chi connectivity index (χ0n) is 19.6. The van der Waals surface area contributed by atoms with E-state index in [1.54, 1.807) is 6.92 Å². The summed E-state index contributed by atoms with van der Waals surface area (Å²) >= 11 is 0. The van der Waals surface area contributed by atoms with Crippen LogP contribution in [0.4, 0.5) is 9.59 Å². The second-order valence-corrected chi connectivity index (χ2v) is 8.77. The maximum absolute atomic E-state index is 12.1. The Hall–Kier alpha value is -3.34. The molecule has 0 amide bonds. The fourth-order valence-electron chi connectivity index (χ4n) is 2.94. The molecule has 0 spiro atoms. The van der Waals surface area contributed by atoms with Crippen LogP contribution in [0.25, 0.3) is 0 Å². The van der Waals surface area contributed by atoms with Crippen LogP contribution in [-0.4, -0.2) is 55.2 Å². The molecule has 1 aromatic rings. The lowest BCUT2D eigenvalue weighted by molar-refractivity contribution is -0.154. The summed E-state index contributed by atoms with van der Waals surface area (Å²) in [6, 6.07) is 4.03. The van der Waals surface area contributed by atoms with Crippen molar-refractivity contribution >= 4 is 24.2 Å². The lowest BCUT2D eigenvalue weighted by atomic mass is 9.86. The zero-order chi connectivity index (χ0) is 25.4. The predicted octanol–water partition coefficient (Wildman–Crippen LogP) is 3.06. The number of esters is 1. The van der Waals surface area contributed by atoms with Gasteiger partial charge in [-0.2, -0.15) is 0 Å². The number of rotatable bonds is 9. The molecule has 0 fully saturated rings. The van der Waals surface area contributed by atoms with E-state index in [9.17, 15) is 24.3 Å². The highest BCUT2D eigenvalue weighted by Gasteiger charge is 2.37. The van der Waals surface area contributed by atoms with Crippen LogP contribution < -0.4 is 15.2 Å². The molecule has 3 N–H and O–H groups in total. The highest BCUT2D eigenvalue weighted by molar-refractivity contribution is 5.79. The number of nitrogens with two attached hydrogens (primary N) is 1. The standard InChI is InChI=1S/C22H31NO10/c1-13(31-17(24)12-21(2,3)4)10-22(23,18(25)26)11-14-7-8-15(32-19(27)29-5)16(9-14)33-20(28)30-6/h7-9,13H,10-12,23H2,1-6H3,(H,25,26)/t13-,22?/m0/s1. The number of ether oxygens (including phenoxy) is 5. The van der Waals surface area contributed by atoms with Crippen molar-refractivity contribution in [3.8, 4) is 11.5 Å². The SMILES string of the molecule is COC(=O)Oc1ccc(CC(N)(C[C@H](C)OC(=O)CC(C)(C)C)C(=O)O)cc1OC(=O)OC. The van der Waals surface area contributed by atoms with Crippen molar-refractivity contribution in [2.24, 2.45) is 11.1 Å². The van der Waals surface area contributed by atoms with Gasteiger partial charge in [-0.1, -0.05) is 26.8 Å². The summed E-state index contributed by atoms with van der Waals surface area (Å²) < 4.78 is 24.1. The van der Waals surface area contributed by atoms with E-state index >= 15 is 0 Å². The molecule has 1 aromatic carbocycles. The molecule has 0 radical (unpaired) electrons. The molecule has 0 bridgehead atoms. The van der Waals surface area contributed by atoms with Gasteiger partial charge in [0.1, 0.15) is 11.6 Å². The zero-order valence-corrected chi connectivity index (χ0v) is 19.6. The number of benzene rings is 1. The van der Waals surface area contributed by atoms with Gasteiger partial charge in [-0.05, 0) is 30.0 Å². The summed E-state index contributed by atoms with van der Waals surface area (Å²) in [6.07, 6.45) is -3.13. The number of methoxy groups -OCH3 is 2. The lowest BCUT2D eigenvalue weighted by Crippen LogP contribution is -2.52. The molecule has 0 aromatic heterocycles. The van der Waals surface area contributed by atoms with Crippen LogP contribution in [-0.2, 0) is 30.2 Å². The molecule has 0 saturated heterocycles. The first-order chi connectivity index (χ1) is 15.2. The van der Waals surface area contributed by atoms with E-state index in [4.69, 9.17) is 19.9 Å². The second-order valence-electron chi connectivity index (χ2n) is 8.77. The van der Waals surface area contributed by atoms with Gasteiger partial charge in [0.25, 0.3) is 0 Å². The molecular formula is C22H31NO10. The Labute approximate surface area is 192 Å². The molecule has 184 valence electrons. The molecular weight excluding hydrogens is 438 g/mol. The number of aliphatic carboxylic acids is 1. The molecule has 1 unspecified atom stereocenters. The van der Waals surface area contributed by atoms with E-state index in [1.165, 1.54) is 18.2 Å². The van der Waals surface area contributed by atoms with Gasteiger partial charge in [-0.3, -0.25) is 9.59 Å². The first-order valence-corrected chi connectivity index (χ1v) is 10.1. The fraction of sp³-hybridized carbons (Fsp3) is 0.545. The molecule has 0 aliphatic carbocycles. The first-order valence-electron chi connectivity index (χ1n) is 10.1. The smallest absolute Gasteiger partial charge is 0.480 e. The molecule has 0 aliphatic rings. The monoisotopic (exact) mass is 469 g/mol. The van der Waals surface area contributed by atoms with Crippen LogP contribution in [0.3, 0.4) is 0 Å². The van der Waals surface area contributed by atoms with E-state index in [0.29, 0.717) is 5.56 Å². The molecule has 0 aliphatic heterocycles. The lowest BCUT2D eigenvalue weighted by Gasteiger charge is -2.28. The van der Waals surface area contributed by atoms with Gasteiger partial charge < -0.3 is 34.5 Å². The Morgan fingerprint density at radius 1 is 1.00 bits per heavy atom. The van der Waals surface area contributed by atoms with Gasteiger partial charge in [0.05, 0.1) is 20.6 Å². The molecule has 11 heteroatoms. The third kappa shape index (κ3) is 9.36. The van der Waals surface area contributed by atoms with Crippen LogP contribution in [0.1, 0.15) is 46.1 Å². The van der Waals surface area contributed by atoms with Crippen molar-refractivity contribution in [2.75, 3.05) is 14.2 Å². The third-order valence-electron chi connectivity index (χ3n) is 4.33. The van der Waals surface area contributed by atoms with Crippen molar-refractivity contribution in [3.63, 3.8) is 0 Å². The van der Waals surface area contributed by atoms with Gasteiger partial charge in [0, 0.05) is 12.8 Å². The van der Waals surface area contributed by atoms with Crippen molar-refractivity contribution in [1.82, 2.24) is 0 Å². The molecule has 2 atom stereocenters. The topological polar surface area (TPSA) is 161 Å². The van der Waals surface area contributed by atoms with Crippen LogP contribution in [0.5, 0.6) is 11.5 Å². The molecule has 11 nitrogen and oxygen atoms in total. The Bertz CT molecular complexity index is 876. The number of carboxylic acids is 1. The number of hydrogen-bond acceptors (Lipinski definition) is 10. The minimum Gasteiger partial charge on any atom is -0.480 e. The summed E-state index contributed by atoms with van der Waals surface area (Å²) in [5, 5.41) is 9.76. The van der Waals surface area contributed by atoms with Crippen molar-refractivity contribution in [2.45, 2.75) is 58.6 Å². The Morgan fingerprint density at radius 2 is 1.55 bits per heavy atom. The van der Waals surface area contributed by atoms with Crippen LogP contribution >= 0.6 is 0 Å². The number of carboxylic acid groups (broad SMARTS) is 1. The molecule has 33 heavy (non-hydrogen) atoms. The average Bonchev–Trinajstić information content (AvgIpc) is 2.67. The first kappa shape index (κ1) is 27.7. The largest absolute Gasteiger partial charge is 0.513 e. The quantitative estimate of drug-likeness (QED) is 0.311. The Balaban J connectivity index is 3.10. The van der Waals surface area contributed by atoms with Crippen molar-refractivity contribution < 1.29 is 48.0 Å². The minimum absolute atomic E-state index is 0.154. The maximum atomic E-state index is 12.1. The van der Waals surface area contributed by atoms with E-state index < -0.39 is 35.9 Å². The van der Waals surface area contributed by atoms with Crippen molar-refractivity contribution in [1.29, 1.82) is 0 Å². The number of hydrogen-bond donors (Lipinski definition) is 2. The summed E-state index contributed by atoms with van der Waals surface area (Å²) in [5.41, 5.74) is 4.42. The Kier molecular flexibility index (Phi) is 9.65. The number of carbonyl (C=O) groups excluding carboxylic acids is 3. The third-order valence-corrected chi connectivity index (χ3v) is 4.33. The van der Waals surface area contributed by atoms with E-state index in [2.05, 4.69) is 9.47 Å². The van der Waals surface area contributed by atoms with Crippen LogP contribution in [0, 0.1) is 5.41 Å². The summed E-state index contributed by atoms with van der Waals surface area (Å²) in [7, 11) is 2.19. The minimum atomic E-state index is -1.81. The normalized spacial score (nSPS) is 13.8. The molecule has 1 rings (SSSR count). The second kappa shape index (κ2) is 11.5. The van der Waals surface area contributed by atoms with Crippen molar-refractivity contribution in [3.05, 3.63) is 23.8 Å². The van der Waals surface area contributed by atoms with E-state index in [1.807, 2.05) is 20.8 Å². The highest BCUT2D eigenvalue weighted by atomic mass is 16.7. The predicted molar refractivity (Wildman–Crippen MR) is 115 cm³/mol. The Morgan fingerprint density at radius 3 is 2.03 bits per heavy atom. The average molecular weight is 469 g/mol. The maximum Gasteiger partial charge on any atom is 0.513 e. The van der Waals surface area contributed by atoms with Gasteiger partial charge in [0.2, 0.25) is 0 Å². The van der Waals surface area contributed by atoms with Crippen LogP contribution in [0.2, 0.25) is 0 Å². The number of carbonyl (C=O) groups is 4. The van der Waals surface area contributed by atoms with Gasteiger partial charge in [0.15, 0.2) is 11.5 Å². The summed E-state index contributed by atoms with van der Waals surface area (Å²) in [4.78, 5) is 47.1.